The Labute approximate surface area is 398 Å². The van der Waals surface area contributed by atoms with E-state index < -0.39 is 60.9 Å². The summed E-state index contributed by atoms with van der Waals surface area (Å²) in [7, 11) is 14.9. The molecule has 19 atom stereocenters. The summed E-state index contributed by atoms with van der Waals surface area (Å²) in [6.07, 6.45) is 12.2. The Morgan fingerprint density at radius 1 is 0.636 bits per heavy atom. The molecule has 0 amide bonds. The van der Waals surface area contributed by atoms with Crippen LogP contribution in [0.4, 0.5) is 0 Å². The van der Waals surface area contributed by atoms with E-state index in [9.17, 15) is 10.2 Å². The van der Waals surface area contributed by atoms with Crippen LogP contribution in [0.15, 0.2) is 47.6 Å². The minimum atomic E-state index is -0.720. The summed E-state index contributed by atoms with van der Waals surface area (Å²) in [4.78, 5) is 0. The van der Waals surface area contributed by atoms with Crippen LogP contribution in [-0.4, -0.2) is 166 Å². The molecule has 0 spiro atoms. The van der Waals surface area contributed by atoms with Gasteiger partial charge in [-0.05, 0) is 93.1 Å². The van der Waals surface area contributed by atoms with Crippen LogP contribution in [0, 0.1) is 41.4 Å². The molecule has 2 saturated heterocycles. The first kappa shape index (κ1) is 57.0. The fourth-order valence-corrected chi connectivity index (χ4v) is 11.1. The third-order valence-corrected chi connectivity index (χ3v) is 15.7. The zero-order chi connectivity index (χ0) is 48.9. The largest absolute Gasteiger partial charge is 0.392 e. The molecule has 0 radical (unpaired) electrons. The second-order valence-corrected chi connectivity index (χ2v) is 19.5. The number of rotatable bonds is 28. The van der Waals surface area contributed by atoms with E-state index in [1.54, 1.807) is 64.0 Å². The molecule has 2 aliphatic carbocycles. The summed E-state index contributed by atoms with van der Waals surface area (Å²) >= 11 is 0. The van der Waals surface area contributed by atoms with Crippen LogP contribution in [0.25, 0.3) is 0 Å². The summed E-state index contributed by atoms with van der Waals surface area (Å²) in [6.45, 7) is 15.2. The molecule has 4 rings (SSSR count). The molecular weight excluding hydrogens is 849 g/mol. The molecule has 0 aromatic carbocycles. The van der Waals surface area contributed by atoms with Gasteiger partial charge >= 0.3 is 0 Å². The van der Waals surface area contributed by atoms with Crippen molar-refractivity contribution in [2.24, 2.45) is 41.4 Å². The normalized spacial score (nSPS) is 37.6. The molecule has 0 aromatic heterocycles. The maximum Gasteiger partial charge on any atom is 0.186 e. The molecule has 4 aliphatic rings. The first-order chi connectivity index (χ1) is 31.6. The summed E-state index contributed by atoms with van der Waals surface area (Å²) < 4.78 is 71.7. The number of hydrogen-bond donors (Lipinski definition) is 2. The zero-order valence-corrected chi connectivity index (χ0v) is 43.3. The SMILES string of the molecule is CC[C@H](OC)[C@@H](C)C1CC(O)([C@@H](C)/C=C/C=C(\C)[C@H]2O[C@H](OC)[C@H](OC)[C@@H](OCCC[C@H](OC)[C@@H](C)[C@@H]3C[C@H]3[C@H](O)[C@@H](C)/C=C/C=C(\C)[C@H]3O[C@@H](OC)[C@H](OC)[C@@H](OC)[C@@H]3OC)[C@@H]2OC)C1. The summed E-state index contributed by atoms with van der Waals surface area (Å²) in [5.41, 5.74) is 1.19. The van der Waals surface area contributed by atoms with Crippen LogP contribution in [0.1, 0.15) is 87.0 Å². The lowest BCUT2D eigenvalue weighted by molar-refractivity contribution is -0.298. The number of allylic oxidation sites excluding steroid dienone is 4. The highest BCUT2D eigenvalue weighted by molar-refractivity contribution is 5.21. The number of aliphatic hydroxyl groups is 2. The van der Waals surface area contributed by atoms with Crippen LogP contribution in [0.5, 0.6) is 0 Å². The van der Waals surface area contributed by atoms with E-state index in [1.165, 1.54) is 0 Å². The first-order valence-electron chi connectivity index (χ1n) is 24.4. The summed E-state index contributed by atoms with van der Waals surface area (Å²) in [5.74, 6) is 1.61. The van der Waals surface area contributed by atoms with E-state index in [-0.39, 0.29) is 48.1 Å². The van der Waals surface area contributed by atoms with Gasteiger partial charge in [-0.25, -0.2) is 0 Å². The van der Waals surface area contributed by atoms with Gasteiger partial charge in [0.2, 0.25) is 0 Å². The fraction of sp³-hybridized carbons (Fsp3) is 0.846. The molecule has 14 heteroatoms. The first-order valence-corrected chi connectivity index (χ1v) is 24.4. The van der Waals surface area contributed by atoms with Crippen LogP contribution in [0.2, 0.25) is 0 Å². The van der Waals surface area contributed by atoms with Crippen molar-refractivity contribution >= 4 is 0 Å². The molecule has 2 N–H and O–H groups in total. The van der Waals surface area contributed by atoms with Gasteiger partial charge in [0.1, 0.15) is 48.8 Å². The molecular formula is C52H90O14. The van der Waals surface area contributed by atoms with Crippen LogP contribution >= 0.6 is 0 Å². The highest BCUT2D eigenvalue weighted by Crippen LogP contribution is 2.50. The second kappa shape index (κ2) is 27.1. The predicted octanol–water partition coefficient (Wildman–Crippen LogP) is 7.10. The molecule has 0 bridgehead atoms. The molecule has 382 valence electrons. The van der Waals surface area contributed by atoms with Gasteiger partial charge in [0.25, 0.3) is 0 Å². The number of aliphatic hydroxyl groups excluding tert-OH is 1. The van der Waals surface area contributed by atoms with Gasteiger partial charge in [-0.2, -0.15) is 0 Å². The molecule has 14 nitrogen and oxygen atoms in total. The Morgan fingerprint density at radius 3 is 1.62 bits per heavy atom. The Kier molecular flexibility index (Phi) is 23.4. The van der Waals surface area contributed by atoms with Crippen molar-refractivity contribution in [3.8, 4) is 0 Å². The van der Waals surface area contributed by atoms with E-state index in [2.05, 4.69) is 46.8 Å². The Hall–Kier alpha value is -1.60. The minimum absolute atomic E-state index is 0.00826. The Morgan fingerprint density at radius 2 is 1.14 bits per heavy atom. The quantitative estimate of drug-likeness (QED) is 0.0607. The summed E-state index contributed by atoms with van der Waals surface area (Å²) in [6, 6.07) is 0. The number of hydrogen-bond acceptors (Lipinski definition) is 14. The van der Waals surface area contributed by atoms with Gasteiger partial charge in [-0.1, -0.05) is 71.1 Å². The zero-order valence-electron chi connectivity index (χ0n) is 43.3. The third kappa shape index (κ3) is 13.6. The maximum absolute atomic E-state index is 11.5. The third-order valence-electron chi connectivity index (χ3n) is 15.7. The molecule has 4 fully saturated rings. The number of methoxy groups -OCH3 is 9. The van der Waals surface area contributed by atoms with Crippen molar-refractivity contribution in [3.63, 3.8) is 0 Å². The maximum atomic E-state index is 11.5. The van der Waals surface area contributed by atoms with Gasteiger partial charge in [0.15, 0.2) is 12.6 Å². The smallest absolute Gasteiger partial charge is 0.186 e. The molecule has 2 aliphatic heterocycles. The van der Waals surface area contributed by atoms with E-state index in [1.807, 2.05) is 38.2 Å². The highest BCUT2D eigenvalue weighted by atomic mass is 16.7. The molecule has 2 saturated carbocycles. The minimum Gasteiger partial charge on any atom is -0.392 e. The van der Waals surface area contributed by atoms with Crippen molar-refractivity contribution in [3.05, 3.63) is 47.6 Å². The van der Waals surface area contributed by atoms with E-state index in [0.29, 0.717) is 24.4 Å². The van der Waals surface area contributed by atoms with Crippen molar-refractivity contribution < 1.29 is 67.1 Å². The second-order valence-electron chi connectivity index (χ2n) is 19.5. The van der Waals surface area contributed by atoms with Crippen LogP contribution < -0.4 is 0 Å². The molecule has 66 heavy (non-hydrogen) atoms. The number of ether oxygens (including phenoxy) is 12. The average Bonchev–Trinajstić information content (AvgIpc) is 4.12. The van der Waals surface area contributed by atoms with Gasteiger partial charge in [-0.15, -0.1) is 0 Å². The van der Waals surface area contributed by atoms with E-state index in [0.717, 1.165) is 49.7 Å². The van der Waals surface area contributed by atoms with Crippen molar-refractivity contribution in [2.45, 2.75) is 172 Å². The standard InChI is InChI=1S/C52H90O14/c1-17-39(55-8)34(6)36-28-52(54,29-36)33(5)24-19-23-32(4)43-45(58-11)47(49(61-14)51(63-16)66-43)64-26-20-25-40(56-9)35(7)37-27-38(37)41(53)30(2)21-18-22-31(3)42-44(57-10)46(59-12)48(60-13)50(62-15)65-42/h18-19,21-24,30,33-51,53-54H,17,20,25-29H2,1-16H3/b21-18+,24-19+,31-22+,32-23+/t30-,33-,34-,35-,36?,37-,38+,39-,40-,41+,42+,43+,44+,45+,46-,47-,48+,49+,50+,51-,52?/m0/s1. The fourth-order valence-electron chi connectivity index (χ4n) is 11.1. The van der Waals surface area contributed by atoms with Crippen molar-refractivity contribution in [1.82, 2.24) is 0 Å². The van der Waals surface area contributed by atoms with Gasteiger partial charge in [0.05, 0.1) is 23.9 Å². The Balaban J connectivity index is 1.30. The molecule has 2 heterocycles. The molecule has 0 unspecified atom stereocenters. The van der Waals surface area contributed by atoms with Gasteiger partial charge in [0, 0.05) is 82.4 Å². The van der Waals surface area contributed by atoms with Crippen molar-refractivity contribution in [2.75, 3.05) is 70.6 Å². The highest BCUT2D eigenvalue weighted by Gasteiger charge is 2.52. The van der Waals surface area contributed by atoms with Gasteiger partial charge < -0.3 is 67.1 Å². The van der Waals surface area contributed by atoms with Crippen LogP contribution in [-0.2, 0) is 56.8 Å². The van der Waals surface area contributed by atoms with Crippen LogP contribution in [0.3, 0.4) is 0 Å². The lowest BCUT2D eigenvalue weighted by atomic mass is 9.60. The average molecular weight is 939 g/mol. The van der Waals surface area contributed by atoms with Crippen molar-refractivity contribution in [1.29, 1.82) is 0 Å². The topological polar surface area (TPSA) is 151 Å². The van der Waals surface area contributed by atoms with E-state index in [4.69, 9.17) is 56.8 Å². The predicted molar refractivity (Wildman–Crippen MR) is 254 cm³/mol. The van der Waals surface area contributed by atoms with E-state index >= 15 is 0 Å². The lowest BCUT2D eigenvalue weighted by Crippen LogP contribution is -2.60. The molecule has 0 aromatic rings. The summed E-state index contributed by atoms with van der Waals surface area (Å²) in [5, 5.41) is 22.9. The van der Waals surface area contributed by atoms with Gasteiger partial charge in [-0.3, -0.25) is 0 Å². The monoisotopic (exact) mass is 939 g/mol. The Bertz CT molecular complexity index is 1530. The lowest BCUT2D eigenvalue weighted by Gasteiger charge is -2.50.